The average molecular weight is 586 g/mol. The molecule has 1 rings (SSSR count). The number of nitrogens with one attached hydrogen (secondary N) is 1. The van der Waals surface area contributed by atoms with Crippen molar-refractivity contribution in [3.05, 3.63) is 0 Å². The third kappa shape index (κ3) is 18.5. The molecule has 0 saturated carbocycles. The molecule has 0 aromatic heterocycles. The van der Waals surface area contributed by atoms with Crippen molar-refractivity contribution in [1.82, 2.24) is 5.32 Å². The van der Waals surface area contributed by atoms with E-state index in [1.54, 1.807) is 0 Å². The predicted octanol–water partition coefficient (Wildman–Crippen LogP) is 7.18. The van der Waals surface area contributed by atoms with Crippen LogP contribution in [0.15, 0.2) is 0 Å². The molecule has 1 aliphatic rings. The van der Waals surface area contributed by atoms with Crippen LogP contribution in [0.3, 0.4) is 0 Å². The van der Waals surface area contributed by atoms with Gasteiger partial charge in [0.2, 0.25) is 5.91 Å². The highest BCUT2D eigenvalue weighted by Gasteiger charge is 2.45. The van der Waals surface area contributed by atoms with Gasteiger partial charge in [0.1, 0.15) is 24.4 Å². The number of aliphatic hydroxyl groups is 3. The number of hydrogen-bond acceptors (Lipinski definition) is 6. The third-order valence-electron chi connectivity index (χ3n) is 8.68. The van der Waals surface area contributed by atoms with E-state index in [0.717, 1.165) is 12.8 Å². The molecular weight excluding hydrogens is 518 g/mol. The van der Waals surface area contributed by atoms with Crippen molar-refractivity contribution in [3.8, 4) is 0 Å². The monoisotopic (exact) mass is 585 g/mol. The molecule has 0 radical (unpaired) electrons. The van der Waals surface area contributed by atoms with Crippen LogP contribution in [-0.4, -0.2) is 65.1 Å². The highest BCUT2D eigenvalue weighted by molar-refractivity contribution is 5.73. The first-order valence-corrected chi connectivity index (χ1v) is 17.5. The summed E-state index contributed by atoms with van der Waals surface area (Å²) < 4.78 is 12.0. The van der Waals surface area contributed by atoms with Crippen molar-refractivity contribution in [2.24, 2.45) is 5.92 Å². The molecule has 0 bridgehead atoms. The first kappa shape index (κ1) is 38.3. The molecule has 0 unspecified atom stereocenters. The number of hydrogen-bond donors (Lipinski definition) is 4. The van der Waals surface area contributed by atoms with Crippen LogP contribution in [0.4, 0.5) is 0 Å². The van der Waals surface area contributed by atoms with Crippen LogP contribution in [0.5, 0.6) is 0 Å². The summed E-state index contributed by atoms with van der Waals surface area (Å²) in [7, 11) is 0. The van der Waals surface area contributed by atoms with Crippen LogP contribution in [-0.2, 0) is 14.3 Å². The first-order valence-electron chi connectivity index (χ1n) is 17.5. The number of amides is 1. The molecule has 0 aliphatic carbocycles. The molecule has 1 fully saturated rings. The van der Waals surface area contributed by atoms with Crippen LogP contribution in [0.2, 0.25) is 0 Å². The van der Waals surface area contributed by atoms with E-state index in [4.69, 9.17) is 9.47 Å². The lowest BCUT2D eigenvalue weighted by Gasteiger charge is -2.42. The standard InChI is InChI=1S/C34H67NO6/c1-4-6-8-10-12-14-16-18-20-22-24-29(25-23-21-19-17-15-13-11-9-7-5-2)27-40-34-31(35-28(3)37)33(39)32(38)30(26-36)41-34/h29-34,36,38-39H,4-27H2,1-3H3,(H,35,37)/t30-,31-,32+,33-,34-/m1/s1. The van der Waals surface area contributed by atoms with Gasteiger partial charge in [-0.3, -0.25) is 4.79 Å². The fourth-order valence-electron chi connectivity index (χ4n) is 6.00. The van der Waals surface area contributed by atoms with E-state index in [9.17, 15) is 20.1 Å². The lowest BCUT2D eigenvalue weighted by molar-refractivity contribution is -0.272. The second-order valence-electron chi connectivity index (χ2n) is 12.6. The fraction of sp³-hybridized carbons (Fsp3) is 0.971. The Balaban J connectivity index is 2.49. The second-order valence-corrected chi connectivity index (χ2v) is 12.6. The van der Waals surface area contributed by atoms with Crippen molar-refractivity contribution in [3.63, 3.8) is 0 Å². The van der Waals surface area contributed by atoms with Gasteiger partial charge in [-0.05, 0) is 18.8 Å². The van der Waals surface area contributed by atoms with Crippen LogP contribution in [0, 0.1) is 5.92 Å². The number of carbonyl (C=O) groups excluding carboxylic acids is 1. The Bertz CT molecular complexity index is 582. The summed E-state index contributed by atoms with van der Waals surface area (Å²) in [5.74, 6) is 0.0596. The molecule has 7 nitrogen and oxygen atoms in total. The van der Waals surface area contributed by atoms with Gasteiger partial charge in [-0.25, -0.2) is 0 Å². The van der Waals surface area contributed by atoms with Crippen molar-refractivity contribution in [2.45, 2.75) is 193 Å². The maximum Gasteiger partial charge on any atom is 0.217 e. The highest BCUT2D eigenvalue weighted by atomic mass is 16.7. The summed E-state index contributed by atoms with van der Waals surface area (Å²) in [4.78, 5) is 11.8. The largest absolute Gasteiger partial charge is 0.394 e. The molecule has 1 amide bonds. The van der Waals surface area contributed by atoms with Gasteiger partial charge in [0.15, 0.2) is 6.29 Å². The van der Waals surface area contributed by atoms with Gasteiger partial charge in [0, 0.05) is 6.92 Å². The van der Waals surface area contributed by atoms with Crippen molar-refractivity contribution in [2.75, 3.05) is 13.2 Å². The topological polar surface area (TPSA) is 108 Å². The summed E-state index contributed by atoms with van der Waals surface area (Å²) in [6.45, 7) is 5.95. The molecule has 5 atom stereocenters. The number of rotatable bonds is 27. The number of aliphatic hydroxyl groups excluding tert-OH is 3. The van der Waals surface area contributed by atoms with Gasteiger partial charge in [0.25, 0.3) is 0 Å². The van der Waals surface area contributed by atoms with Crippen molar-refractivity contribution in [1.29, 1.82) is 0 Å². The zero-order valence-electron chi connectivity index (χ0n) is 27.0. The van der Waals surface area contributed by atoms with Crippen LogP contribution in [0.1, 0.15) is 162 Å². The van der Waals surface area contributed by atoms with Gasteiger partial charge < -0.3 is 30.1 Å². The molecule has 1 saturated heterocycles. The first-order chi connectivity index (χ1) is 19.9. The molecule has 0 aromatic rings. The Kier molecular flexibility index (Phi) is 24.0. The molecule has 1 heterocycles. The Morgan fingerprint density at radius 2 is 1.12 bits per heavy atom. The normalized spacial score (nSPS) is 22.9. The second kappa shape index (κ2) is 25.7. The minimum absolute atomic E-state index is 0.326. The smallest absolute Gasteiger partial charge is 0.217 e. The predicted molar refractivity (Wildman–Crippen MR) is 168 cm³/mol. The van der Waals surface area contributed by atoms with Crippen molar-refractivity contribution < 1.29 is 29.6 Å². The molecular formula is C34H67NO6. The third-order valence-corrected chi connectivity index (χ3v) is 8.68. The summed E-state index contributed by atoms with van der Waals surface area (Å²) >= 11 is 0. The van der Waals surface area contributed by atoms with E-state index in [-0.39, 0.29) is 5.91 Å². The minimum atomic E-state index is -1.29. The Labute approximate surface area is 252 Å². The number of unbranched alkanes of at least 4 members (excludes halogenated alkanes) is 18. The van der Waals surface area contributed by atoms with Gasteiger partial charge in [-0.15, -0.1) is 0 Å². The maximum atomic E-state index is 11.8. The summed E-state index contributed by atoms with van der Waals surface area (Å²) in [6.07, 6.45) is 24.1. The SMILES string of the molecule is CCCCCCCCCCCCC(CCCCCCCCCCCC)CO[C@@H]1O[C@H](CO)[C@H](O)[C@H](O)[C@H]1NC(C)=O. The van der Waals surface area contributed by atoms with Crippen LogP contribution >= 0.6 is 0 Å². The number of carbonyl (C=O) groups is 1. The Morgan fingerprint density at radius 3 is 1.51 bits per heavy atom. The maximum absolute atomic E-state index is 11.8. The Morgan fingerprint density at radius 1 is 0.707 bits per heavy atom. The molecule has 1 aliphatic heterocycles. The Hall–Kier alpha value is -0.730. The zero-order chi connectivity index (χ0) is 30.1. The average Bonchev–Trinajstić information content (AvgIpc) is 2.96. The molecule has 0 aromatic carbocycles. The molecule has 41 heavy (non-hydrogen) atoms. The van der Waals surface area contributed by atoms with E-state index >= 15 is 0 Å². The molecule has 4 N–H and O–H groups in total. The van der Waals surface area contributed by atoms with Gasteiger partial charge in [-0.1, -0.05) is 142 Å². The van der Waals surface area contributed by atoms with Crippen LogP contribution in [0.25, 0.3) is 0 Å². The summed E-state index contributed by atoms with van der Waals surface area (Å²) in [5.41, 5.74) is 0. The van der Waals surface area contributed by atoms with E-state index in [2.05, 4.69) is 19.2 Å². The van der Waals surface area contributed by atoms with E-state index < -0.39 is 37.3 Å². The van der Waals surface area contributed by atoms with Gasteiger partial charge in [-0.2, -0.15) is 0 Å². The summed E-state index contributed by atoms with van der Waals surface area (Å²) in [6, 6.07) is -0.874. The van der Waals surface area contributed by atoms with Crippen molar-refractivity contribution >= 4 is 5.91 Å². The zero-order valence-corrected chi connectivity index (χ0v) is 27.0. The molecule has 0 spiro atoms. The van der Waals surface area contributed by atoms with Gasteiger partial charge >= 0.3 is 0 Å². The van der Waals surface area contributed by atoms with E-state index in [0.29, 0.717) is 12.5 Å². The quantitative estimate of drug-likeness (QED) is 0.0760. The highest BCUT2D eigenvalue weighted by Crippen LogP contribution is 2.25. The lowest BCUT2D eigenvalue weighted by Crippen LogP contribution is -2.64. The van der Waals surface area contributed by atoms with E-state index in [1.165, 1.54) is 135 Å². The van der Waals surface area contributed by atoms with E-state index in [1.807, 2.05) is 0 Å². The summed E-state index contributed by atoms with van der Waals surface area (Å²) in [5, 5.41) is 33.2. The van der Waals surface area contributed by atoms with Crippen LogP contribution < -0.4 is 5.32 Å². The lowest BCUT2D eigenvalue weighted by atomic mass is 9.94. The molecule has 244 valence electrons. The molecule has 7 heteroatoms. The fourth-order valence-corrected chi connectivity index (χ4v) is 6.00. The van der Waals surface area contributed by atoms with Gasteiger partial charge in [0.05, 0.1) is 13.2 Å². The number of ether oxygens (including phenoxy) is 2. The minimum Gasteiger partial charge on any atom is -0.394 e.